The van der Waals surface area contributed by atoms with E-state index in [1.54, 1.807) is 0 Å². The lowest BCUT2D eigenvalue weighted by Crippen LogP contribution is -2.63. The number of nitrogens with one attached hydrogen (secondary N) is 1. The first kappa shape index (κ1) is 15.0. The highest BCUT2D eigenvalue weighted by molar-refractivity contribution is 7.11. The Bertz CT molecular complexity index is 411. The normalized spacial score (nSPS) is 25.4. The second-order valence-corrected chi connectivity index (χ2v) is 7.94. The molecule has 0 bridgehead atoms. The van der Waals surface area contributed by atoms with Crippen LogP contribution in [0.5, 0.6) is 0 Å². The lowest BCUT2D eigenvalue weighted by molar-refractivity contribution is 0.0587. The molecule has 0 saturated carbocycles. The lowest BCUT2D eigenvalue weighted by Gasteiger charge is -2.47. The zero-order valence-electron chi connectivity index (χ0n) is 13.0. The number of aryl methyl sites for hydroxylation is 1. The molecule has 0 amide bonds. The van der Waals surface area contributed by atoms with Gasteiger partial charge in [-0.15, -0.1) is 11.3 Å². The Balaban J connectivity index is 2.04. The molecular formula is C16H28N2S. The molecule has 1 aromatic rings. The van der Waals surface area contributed by atoms with E-state index < -0.39 is 0 Å². The maximum absolute atomic E-state index is 3.67. The molecule has 1 fully saturated rings. The van der Waals surface area contributed by atoms with Gasteiger partial charge in [-0.2, -0.15) is 0 Å². The van der Waals surface area contributed by atoms with Crippen LogP contribution in [0.15, 0.2) is 12.1 Å². The molecule has 2 nitrogen and oxygen atoms in total. The number of nitrogens with zero attached hydrogens (tertiary/aromatic N) is 1. The number of thiophene rings is 1. The van der Waals surface area contributed by atoms with Crippen LogP contribution in [0.4, 0.5) is 0 Å². The monoisotopic (exact) mass is 280 g/mol. The van der Waals surface area contributed by atoms with Crippen LogP contribution >= 0.6 is 11.3 Å². The van der Waals surface area contributed by atoms with Crippen molar-refractivity contribution in [3.63, 3.8) is 0 Å². The van der Waals surface area contributed by atoms with Gasteiger partial charge in [0.05, 0.1) is 0 Å². The molecule has 0 spiro atoms. The summed E-state index contributed by atoms with van der Waals surface area (Å²) in [6.45, 7) is 13.8. The van der Waals surface area contributed by atoms with Gasteiger partial charge in [0.25, 0.3) is 0 Å². The summed E-state index contributed by atoms with van der Waals surface area (Å²) in [4.78, 5) is 5.66. The second kappa shape index (κ2) is 5.94. The summed E-state index contributed by atoms with van der Waals surface area (Å²) in [6.07, 6.45) is 2.42. The van der Waals surface area contributed by atoms with Crippen molar-refractivity contribution in [2.45, 2.75) is 65.1 Å². The van der Waals surface area contributed by atoms with Gasteiger partial charge < -0.3 is 5.32 Å². The van der Waals surface area contributed by atoms with Crippen molar-refractivity contribution < 1.29 is 0 Å². The summed E-state index contributed by atoms with van der Waals surface area (Å²) in [5.41, 5.74) is 0.241. The number of rotatable bonds is 4. The molecule has 2 unspecified atom stereocenters. The van der Waals surface area contributed by atoms with Gasteiger partial charge in [-0.3, -0.25) is 4.90 Å². The highest BCUT2D eigenvalue weighted by Crippen LogP contribution is 2.24. The number of hydrogen-bond acceptors (Lipinski definition) is 3. The first-order valence-electron chi connectivity index (χ1n) is 7.47. The van der Waals surface area contributed by atoms with Gasteiger partial charge in [-0.05, 0) is 52.7 Å². The summed E-state index contributed by atoms with van der Waals surface area (Å²) in [5, 5.41) is 3.67. The van der Waals surface area contributed by atoms with E-state index in [-0.39, 0.29) is 5.54 Å². The van der Waals surface area contributed by atoms with E-state index >= 15 is 0 Å². The van der Waals surface area contributed by atoms with Crippen LogP contribution in [0.25, 0.3) is 0 Å². The molecular weight excluding hydrogens is 252 g/mol. The van der Waals surface area contributed by atoms with Gasteiger partial charge in [-0.1, -0.05) is 6.92 Å². The Kier molecular flexibility index (Phi) is 4.70. The van der Waals surface area contributed by atoms with Crippen molar-refractivity contribution in [2.24, 2.45) is 0 Å². The van der Waals surface area contributed by atoms with Crippen LogP contribution in [0.1, 0.15) is 43.9 Å². The van der Waals surface area contributed by atoms with E-state index in [4.69, 9.17) is 0 Å². The van der Waals surface area contributed by atoms with E-state index in [9.17, 15) is 0 Å². The Hall–Kier alpha value is -0.380. The number of piperazine rings is 1. The Morgan fingerprint density at radius 1 is 1.47 bits per heavy atom. The zero-order chi connectivity index (χ0) is 14.0. The van der Waals surface area contributed by atoms with Gasteiger partial charge in [0.1, 0.15) is 0 Å². The predicted octanol–water partition coefficient (Wildman–Crippen LogP) is 3.45. The van der Waals surface area contributed by atoms with Crippen LogP contribution in [-0.4, -0.2) is 35.6 Å². The molecule has 3 heteroatoms. The quantitative estimate of drug-likeness (QED) is 0.909. The Morgan fingerprint density at radius 3 is 2.79 bits per heavy atom. The molecule has 1 N–H and O–H groups in total. The third-order valence-electron chi connectivity index (χ3n) is 4.19. The maximum atomic E-state index is 3.67. The van der Waals surface area contributed by atoms with Gasteiger partial charge in [0.15, 0.2) is 0 Å². The molecule has 19 heavy (non-hydrogen) atoms. The van der Waals surface area contributed by atoms with E-state index in [0.29, 0.717) is 12.1 Å². The van der Waals surface area contributed by atoms with E-state index in [2.05, 4.69) is 57.0 Å². The topological polar surface area (TPSA) is 15.3 Å². The SMILES string of the molecule is CCC1CNC(C)(C)CN1C(C)Cc1ccc(C)s1. The predicted molar refractivity (Wildman–Crippen MR) is 85.1 cm³/mol. The molecule has 0 radical (unpaired) electrons. The lowest BCUT2D eigenvalue weighted by atomic mass is 9.95. The van der Waals surface area contributed by atoms with Gasteiger partial charge in [0, 0.05) is 40.5 Å². The first-order valence-corrected chi connectivity index (χ1v) is 8.29. The number of hydrogen-bond donors (Lipinski definition) is 1. The van der Waals surface area contributed by atoms with Gasteiger partial charge in [0.2, 0.25) is 0 Å². The van der Waals surface area contributed by atoms with Gasteiger partial charge in [-0.25, -0.2) is 0 Å². The third kappa shape index (κ3) is 3.80. The fourth-order valence-corrected chi connectivity index (χ4v) is 4.06. The summed E-state index contributed by atoms with van der Waals surface area (Å²) in [7, 11) is 0. The minimum absolute atomic E-state index is 0.241. The highest BCUT2D eigenvalue weighted by atomic mass is 32.1. The van der Waals surface area contributed by atoms with Crippen molar-refractivity contribution in [3.8, 4) is 0 Å². The Morgan fingerprint density at radius 2 is 2.21 bits per heavy atom. The van der Waals surface area contributed by atoms with Crippen LogP contribution in [0.2, 0.25) is 0 Å². The minimum atomic E-state index is 0.241. The summed E-state index contributed by atoms with van der Waals surface area (Å²) >= 11 is 1.95. The molecule has 2 rings (SSSR count). The largest absolute Gasteiger partial charge is 0.309 e. The average molecular weight is 280 g/mol. The molecule has 0 aromatic carbocycles. The van der Waals surface area contributed by atoms with E-state index in [1.165, 1.54) is 22.6 Å². The smallest absolute Gasteiger partial charge is 0.0253 e. The van der Waals surface area contributed by atoms with Crippen molar-refractivity contribution in [3.05, 3.63) is 21.9 Å². The van der Waals surface area contributed by atoms with E-state index in [1.807, 2.05) is 11.3 Å². The van der Waals surface area contributed by atoms with Crippen LogP contribution in [0.3, 0.4) is 0 Å². The minimum Gasteiger partial charge on any atom is -0.309 e. The van der Waals surface area contributed by atoms with Crippen molar-refractivity contribution >= 4 is 11.3 Å². The first-order chi connectivity index (χ1) is 8.91. The fourth-order valence-electron chi connectivity index (χ4n) is 3.05. The standard InChI is InChI=1S/C16H28N2S/c1-6-14-10-17-16(4,5)11-18(14)12(2)9-15-8-7-13(3)19-15/h7-8,12,14,17H,6,9-11H2,1-5H3. The Labute approximate surface area is 122 Å². The van der Waals surface area contributed by atoms with E-state index in [0.717, 1.165) is 13.1 Å². The zero-order valence-corrected chi connectivity index (χ0v) is 13.8. The fraction of sp³-hybridized carbons (Fsp3) is 0.750. The van der Waals surface area contributed by atoms with Crippen LogP contribution in [-0.2, 0) is 6.42 Å². The summed E-state index contributed by atoms with van der Waals surface area (Å²) in [6, 6.07) is 5.85. The van der Waals surface area contributed by atoms with Crippen LogP contribution in [0, 0.1) is 6.92 Å². The molecule has 1 aliphatic rings. The second-order valence-electron chi connectivity index (χ2n) is 6.56. The molecule has 2 heterocycles. The maximum Gasteiger partial charge on any atom is 0.0253 e. The molecule has 108 valence electrons. The molecule has 0 aliphatic carbocycles. The average Bonchev–Trinajstić information content (AvgIpc) is 2.73. The molecule has 1 aliphatic heterocycles. The highest BCUT2D eigenvalue weighted by Gasteiger charge is 2.34. The molecule has 1 saturated heterocycles. The third-order valence-corrected chi connectivity index (χ3v) is 5.22. The summed E-state index contributed by atoms with van der Waals surface area (Å²) in [5.74, 6) is 0. The van der Waals surface area contributed by atoms with Crippen LogP contribution < -0.4 is 5.32 Å². The molecule has 2 atom stereocenters. The van der Waals surface area contributed by atoms with Crippen molar-refractivity contribution in [1.29, 1.82) is 0 Å². The molecule has 1 aromatic heterocycles. The summed E-state index contributed by atoms with van der Waals surface area (Å²) < 4.78 is 0. The van der Waals surface area contributed by atoms with Crippen molar-refractivity contribution in [2.75, 3.05) is 13.1 Å². The van der Waals surface area contributed by atoms with Gasteiger partial charge >= 0.3 is 0 Å². The van der Waals surface area contributed by atoms with Crippen molar-refractivity contribution in [1.82, 2.24) is 10.2 Å².